The van der Waals surface area contributed by atoms with Crippen LogP contribution in [0.2, 0.25) is 5.02 Å². The van der Waals surface area contributed by atoms with Crippen molar-refractivity contribution in [2.45, 2.75) is 20.5 Å². The van der Waals surface area contributed by atoms with Crippen LogP contribution in [0.5, 0.6) is 5.75 Å². The zero-order valence-electron chi connectivity index (χ0n) is 11.4. The fraction of sp³-hybridized carbons (Fsp3) is 0.188. The van der Waals surface area contributed by atoms with Gasteiger partial charge >= 0.3 is 0 Å². The molecule has 0 heterocycles. The Morgan fingerprint density at radius 3 is 2.55 bits per heavy atom. The summed E-state index contributed by atoms with van der Waals surface area (Å²) in [5.74, 6) is 0.614. The third kappa shape index (κ3) is 3.50. The van der Waals surface area contributed by atoms with Gasteiger partial charge in [-0.15, -0.1) is 0 Å². The van der Waals surface area contributed by atoms with Crippen LogP contribution in [-0.2, 0) is 6.61 Å². The van der Waals surface area contributed by atoms with Crippen LogP contribution in [-0.4, -0.2) is 4.99 Å². The van der Waals surface area contributed by atoms with Crippen LogP contribution in [0.1, 0.15) is 22.3 Å². The first-order valence-electron chi connectivity index (χ1n) is 6.25. The number of thiocarbonyl (C=S) groups is 1. The molecular formula is C16H16ClNOS. The van der Waals surface area contributed by atoms with Gasteiger partial charge in [0.2, 0.25) is 0 Å². The van der Waals surface area contributed by atoms with Crippen molar-refractivity contribution in [2.75, 3.05) is 0 Å². The van der Waals surface area contributed by atoms with E-state index < -0.39 is 0 Å². The minimum absolute atomic E-state index is 0.303. The summed E-state index contributed by atoms with van der Waals surface area (Å²) in [7, 11) is 0. The maximum Gasteiger partial charge on any atom is 0.131 e. The molecule has 0 unspecified atom stereocenters. The molecule has 2 aromatic rings. The molecule has 0 aliphatic rings. The van der Waals surface area contributed by atoms with E-state index in [1.807, 2.05) is 6.07 Å². The Morgan fingerprint density at radius 1 is 1.15 bits per heavy atom. The van der Waals surface area contributed by atoms with E-state index >= 15 is 0 Å². The third-order valence-corrected chi connectivity index (χ3v) is 3.63. The lowest BCUT2D eigenvalue weighted by atomic mass is 10.1. The Labute approximate surface area is 129 Å². The summed E-state index contributed by atoms with van der Waals surface area (Å²) in [5.41, 5.74) is 9.99. The smallest absolute Gasteiger partial charge is 0.131 e. The minimum atomic E-state index is 0.303. The van der Waals surface area contributed by atoms with Gasteiger partial charge in [-0.25, -0.2) is 0 Å². The molecule has 2 N–H and O–H groups in total. The second kappa shape index (κ2) is 6.25. The summed E-state index contributed by atoms with van der Waals surface area (Å²) >= 11 is 11.0. The summed E-state index contributed by atoms with van der Waals surface area (Å²) in [6, 6.07) is 11.5. The normalized spacial score (nSPS) is 10.3. The molecule has 0 fully saturated rings. The van der Waals surface area contributed by atoms with Gasteiger partial charge in [0.25, 0.3) is 0 Å². The van der Waals surface area contributed by atoms with Gasteiger partial charge in [0.05, 0.1) is 5.56 Å². The van der Waals surface area contributed by atoms with Gasteiger partial charge in [-0.3, -0.25) is 0 Å². The van der Waals surface area contributed by atoms with Crippen LogP contribution >= 0.6 is 23.8 Å². The van der Waals surface area contributed by atoms with Crippen LogP contribution in [0.4, 0.5) is 0 Å². The summed E-state index contributed by atoms with van der Waals surface area (Å²) in [4.78, 5) is 0.303. The maximum absolute atomic E-state index is 5.99. The van der Waals surface area contributed by atoms with Crippen LogP contribution in [0.15, 0.2) is 36.4 Å². The lowest BCUT2D eigenvalue weighted by Gasteiger charge is -2.12. The molecule has 2 aromatic carbocycles. The standard InChI is InChI=1S/C16H16ClNOS/c1-10-3-4-12(7-11(10)2)9-19-15-8-13(17)5-6-14(15)16(18)20/h3-8H,9H2,1-2H3,(H2,18,20). The molecule has 20 heavy (non-hydrogen) atoms. The summed E-state index contributed by atoms with van der Waals surface area (Å²) in [6.07, 6.45) is 0. The fourth-order valence-corrected chi connectivity index (χ4v) is 2.20. The molecule has 0 atom stereocenters. The van der Waals surface area contributed by atoms with Crippen molar-refractivity contribution in [1.82, 2.24) is 0 Å². The molecule has 0 aliphatic heterocycles. The first-order valence-corrected chi connectivity index (χ1v) is 7.04. The molecule has 0 saturated carbocycles. The maximum atomic E-state index is 5.99. The van der Waals surface area contributed by atoms with Crippen LogP contribution < -0.4 is 10.5 Å². The minimum Gasteiger partial charge on any atom is -0.488 e. The van der Waals surface area contributed by atoms with E-state index in [1.165, 1.54) is 11.1 Å². The molecule has 0 aliphatic carbocycles. The number of rotatable bonds is 4. The second-order valence-electron chi connectivity index (χ2n) is 4.71. The first kappa shape index (κ1) is 14.8. The van der Waals surface area contributed by atoms with Crippen LogP contribution in [0.3, 0.4) is 0 Å². The first-order chi connectivity index (χ1) is 9.47. The molecule has 0 radical (unpaired) electrons. The Morgan fingerprint density at radius 2 is 1.90 bits per heavy atom. The lowest BCUT2D eigenvalue weighted by Crippen LogP contribution is -2.11. The zero-order valence-corrected chi connectivity index (χ0v) is 13.0. The van der Waals surface area contributed by atoms with Crippen molar-refractivity contribution in [1.29, 1.82) is 0 Å². The summed E-state index contributed by atoms with van der Waals surface area (Å²) < 4.78 is 5.81. The van der Waals surface area contributed by atoms with E-state index in [0.29, 0.717) is 27.9 Å². The Hall–Kier alpha value is -1.58. The van der Waals surface area contributed by atoms with Crippen molar-refractivity contribution >= 4 is 28.8 Å². The molecule has 4 heteroatoms. The predicted molar refractivity (Wildman–Crippen MR) is 87.6 cm³/mol. The molecule has 0 aromatic heterocycles. The number of ether oxygens (including phenoxy) is 1. The van der Waals surface area contributed by atoms with Gasteiger partial charge in [0, 0.05) is 5.02 Å². The number of benzene rings is 2. The fourth-order valence-electron chi connectivity index (χ4n) is 1.87. The number of hydrogen-bond donors (Lipinski definition) is 1. The van der Waals surface area contributed by atoms with E-state index in [1.54, 1.807) is 18.2 Å². The predicted octanol–water partition coefficient (Wildman–Crippen LogP) is 4.17. The topological polar surface area (TPSA) is 35.2 Å². The molecule has 0 bridgehead atoms. The van der Waals surface area contributed by atoms with Gasteiger partial charge in [0.1, 0.15) is 17.3 Å². The highest BCUT2D eigenvalue weighted by Crippen LogP contribution is 2.24. The molecule has 0 amide bonds. The van der Waals surface area contributed by atoms with E-state index in [4.69, 9.17) is 34.3 Å². The summed E-state index contributed by atoms with van der Waals surface area (Å²) in [6.45, 7) is 4.62. The van der Waals surface area contributed by atoms with E-state index in [9.17, 15) is 0 Å². The highest BCUT2D eigenvalue weighted by atomic mass is 35.5. The molecular weight excluding hydrogens is 290 g/mol. The number of nitrogens with two attached hydrogens (primary N) is 1. The monoisotopic (exact) mass is 305 g/mol. The van der Waals surface area contributed by atoms with Crippen molar-refractivity contribution < 1.29 is 4.74 Å². The number of aryl methyl sites for hydroxylation is 2. The average Bonchev–Trinajstić information content (AvgIpc) is 2.40. The van der Waals surface area contributed by atoms with Gasteiger partial charge < -0.3 is 10.5 Å². The highest BCUT2D eigenvalue weighted by molar-refractivity contribution is 7.80. The van der Waals surface area contributed by atoms with Crippen molar-refractivity contribution in [2.24, 2.45) is 5.73 Å². The molecule has 104 valence electrons. The summed E-state index contributed by atoms with van der Waals surface area (Å²) in [5, 5.41) is 0.597. The zero-order chi connectivity index (χ0) is 14.7. The number of halogens is 1. The largest absolute Gasteiger partial charge is 0.488 e. The quantitative estimate of drug-likeness (QED) is 0.861. The molecule has 0 saturated heterocycles. The Kier molecular flexibility index (Phi) is 4.63. The SMILES string of the molecule is Cc1ccc(COc2cc(Cl)ccc2C(N)=S)cc1C. The van der Waals surface area contributed by atoms with Gasteiger partial charge in [-0.05, 0) is 48.7 Å². The third-order valence-electron chi connectivity index (χ3n) is 3.17. The second-order valence-corrected chi connectivity index (χ2v) is 5.59. The molecule has 2 nitrogen and oxygen atoms in total. The van der Waals surface area contributed by atoms with Gasteiger partial charge in [0.15, 0.2) is 0 Å². The molecule has 0 spiro atoms. The Bertz CT molecular complexity index is 655. The van der Waals surface area contributed by atoms with Crippen molar-refractivity contribution in [3.63, 3.8) is 0 Å². The lowest BCUT2D eigenvalue weighted by molar-refractivity contribution is 0.305. The van der Waals surface area contributed by atoms with Gasteiger partial charge in [-0.2, -0.15) is 0 Å². The van der Waals surface area contributed by atoms with Crippen molar-refractivity contribution in [3.8, 4) is 5.75 Å². The average molecular weight is 306 g/mol. The van der Waals surface area contributed by atoms with Crippen LogP contribution in [0.25, 0.3) is 0 Å². The van der Waals surface area contributed by atoms with Crippen molar-refractivity contribution in [3.05, 3.63) is 63.7 Å². The molecule has 2 rings (SSSR count). The number of hydrogen-bond acceptors (Lipinski definition) is 2. The van der Waals surface area contributed by atoms with Crippen LogP contribution in [0, 0.1) is 13.8 Å². The van der Waals surface area contributed by atoms with E-state index in [-0.39, 0.29) is 0 Å². The Balaban J connectivity index is 2.20. The van der Waals surface area contributed by atoms with Gasteiger partial charge in [-0.1, -0.05) is 42.0 Å². The highest BCUT2D eigenvalue weighted by Gasteiger charge is 2.08. The van der Waals surface area contributed by atoms with E-state index in [0.717, 1.165) is 5.56 Å². The van der Waals surface area contributed by atoms with E-state index in [2.05, 4.69) is 26.0 Å².